The lowest BCUT2D eigenvalue weighted by Crippen LogP contribution is -2.38. The Balaban J connectivity index is 2.12. The second-order valence-electron chi connectivity index (χ2n) is 7.16. The maximum atomic E-state index is 13.0. The molecule has 11 nitrogen and oxygen atoms in total. The minimum atomic E-state index is -1.35. The molecule has 1 saturated carbocycles. The van der Waals surface area contributed by atoms with E-state index in [4.69, 9.17) is 5.11 Å². The summed E-state index contributed by atoms with van der Waals surface area (Å²) in [6, 6.07) is 2.61. The minimum Gasteiger partial charge on any atom is -0.506 e. The predicted octanol–water partition coefficient (Wildman–Crippen LogP) is 1.23. The smallest absolute Gasteiger partial charge is 0.322 e. The van der Waals surface area contributed by atoms with Crippen LogP contribution in [0.3, 0.4) is 0 Å². The summed E-state index contributed by atoms with van der Waals surface area (Å²) >= 11 is 0. The van der Waals surface area contributed by atoms with Crippen molar-refractivity contribution in [2.24, 2.45) is 0 Å². The zero-order valence-electron chi connectivity index (χ0n) is 16.5. The van der Waals surface area contributed by atoms with Crippen molar-refractivity contribution in [1.82, 2.24) is 14.9 Å². The standard InChI is InChI=1S/C20H22N4O7/c25-13(26)10-22-17(28)14-16(27)15(18(29)23-11-5-4-8-21-9-11)20(31)24(19(14)30)12-6-2-1-3-7-12/h4-5,8-9,12,27,31H,1-3,6-7,10H2,(H,22,28)(H,23,29)(H,25,26). The van der Waals surface area contributed by atoms with E-state index in [1.807, 2.05) is 5.32 Å². The molecule has 0 spiro atoms. The summed E-state index contributed by atoms with van der Waals surface area (Å²) in [7, 11) is 0. The monoisotopic (exact) mass is 430 g/mol. The van der Waals surface area contributed by atoms with Gasteiger partial charge in [-0.05, 0) is 25.0 Å². The number of carbonyl (C=O) groups is 3. The van der Waals surface area contributed by atoms with Crippen LogP contribution in [0.25, 0.3) is 0 Å². The van der Waals surface area contributed by atoms with Crippen molar-refractivity contribution in [3.8, 4) is 11.6 Å². The lowest BCUT2D eigenvalue weighted by molar-refractivity contribution is -0.135. The molecule has 164 valence electrons. The molecule has 0 bridgehead atoms. The number of pyridine rings is 2. The third-order valence-electron chi connectivity index (χ3n) is 5.07. The van der Waals surface area contributed by atoms with Crippen molar-refractivity contribution in [3.63, 3.8) is 0 Å². The number of amides is 2. The zero-order valence-corrected chi connectivity index (χ0v) is 16.5. The topological polar surface area (TPSA) is 171 Å². The van der Waals surface area contributed by atoms with Crippen LogP contribution in [0.15, 0.2) is 29.3 Å². The molecule has 3 rings (SSSR count). The fraction of sp³-hybridized carbons (Fsp3) is 0.350. The summed E-state index contributed by atoms with van der Waals surface area (Å²) < 4.78 is 0.937. The quantitative estimate of drug-likeness (QED) is 0.455. The van der Waals surface area contributed by atoms with Crippen LogP contribution in [0.2, 0.25) is 0 Å². The molecule has 1 aliphatic carbocycles. The number of carbonyl (C=O) groups excluding carboxylic acids is 2. The third kappa shape index (κ3) is 4.65. The van der Waals surface area contributed by atoms with Gasteiger partial charge in [-0.1, -0.05) is 19.3 Å². The molecule has 1 aliphatic rings. The number of anilines is 1. The Morgan fingerprint density at radius 3 is 2.42 bits per heavy atom. The number of nitrogens with zero attached hydrogens (tertiary/aromatic N) is 2. The highest BCUT2D eigenvalue weighted by molar-refractivity contribution is 6.10. The van der Waals surface area contributed by atoms with Crippen LogP contribution in [0.4, 0.5) is 5.69 Å². The van der Waals surface area contributed by atoms with E-state index in [9.17, 15) is 29.4 Å². The molecule has 2 heterocycles. The van der Waals surface area contributed by atoms with Gasteiger partial charge in [0.15, 0.2) is 5.75 Å². The Morgan fingerprint density at radius 1 is 1.10 bits per heavy atom. The first-order chi connectivity index (χ1) is 14.8. The molecule has 0 atom stereocenters. The van der Waals surface area contributed by atoms with Crippen molar-refractivity contribution in [2.75, 3.05) is 11.9 Å². The Kier molecular flexibility index (Phi) is 6.53. The first kappa shape index (κ1) is 21.8. The maximum Gasteiger partial charge on any atom is 0.322 e. The first-order valence-corrected chi connectivity index (χ1v) is 9.73. The highest BCUT2D eigenvalue weighted by atomic mass is 16.4. The molecule has 5 N–H and O–H groups in total. The average Bonchev–Trinajstić information content (AvgIpc) is 2.73. The number of aromatic hydroxyl groups is 2. The van der Waals surface area contributed by atoms with Gasteiger partial charge < -0.3 is 26.0 Å². The van der Waals surface area contributed by atoms with Gasteiger partial charge in [0.1, 0.15) is 17.7 Å². The normalized spacial score (nSPS) is 14.1. The van der Waals surface area contributed by atoms with Gasteiger partial charge in [0, 0.05) is 12.2 Å². The molecule has 31 heavy (non-hydrogen) atoms. The minimum absolute atomic E-state index is 0.263. The van der Waals surface area contributed by atoms with Crippen molar-refractivity contribution in [2.45, 2.75) is 38.1 Å². The van der Waals surface area contributed by atoms with Gasteiger partial charge in [0.05, 0.1) is 11.9 Å². The number of aliphatic carboxylic acids is 1. The molecule has 0 unspecified atom stereocenters. The number of hydrogen-bond donors (Lipinski definition) is 5. The van der Waals surface area contributed by atoms with Gasteiger partial charge >= 0.3 is 5.97 Å². The van der Waals surface area contributed by atoms with Crippen molar-refractivity contribution < 1.29 is 29.7 Å². The van der Waals surface area contributed by atoms with E-state index in [2.05, 4.69) is 10.3 Å². The Morgan fingerprint density at radius 2 is 1.81 bits per heavy atom. The van der Waals surface area contributed by atoms with Gasteiger partial charge in [-0.15, -0.1) is 0 Å². The molecule has 2 aromatic rings. The first-order valence-electron chi connectivity index (χ1n) is 9.73. The fourth-order valence-electron chi connectivity index (χ4n) is 3.64. The van der Waals surface area contributed by atoms with Gasteiger partial charge in [0.2, 0.25) is 5.88 Å². The molecule has 11 heteroatoms. The number of carboxylic acids is 1. The predicted molar refractivity (Wildman–Crippen MR) is 108 cm³/mol. The van der Waals surface area contributed by atoms with Crippen LogP contribution in [-0.2, 0) is 4.79 Å². The van der Waals surface area contributed by atoms with E-state index < -0.39 is 58.7 Å². The summed E-state index contributed by atoms with van der Waals surface area (Å²) in [6.45, 7) is -0.792. The third-order valence-corrected chi connectivity index (χ3v) is 5.07. The van der Waals surface area contributed by atoms with Crippen LogP contribution in [0.1, 0.15) is 58.9 Å². The van der Waals surface area contributed by atoms with E-state index in [0.29, 0.717) is 12.8 Å². The van der Waals surface area contributed by atoms with Crippen molar-refractivity contribution >= 4 is 23.5 Å². The lowest BCUT2D eigenvalue weighted by Gasteiger charge is -2.26. The molecule has 0 radical (unpaired) electrons. The molecule has 1 fully saturated rings. The van der Waals surface area contributed by atoms with Crippen LogP contribution in [0, 0.1) is 0 Å². The molecule has 2 amide bonds. The zero-order chi connectivity index (χ0) is 22.5. The van der Waals surface area contributed by atoms with Gasteiger partial charge in [-0.25, -0.2) is 0 Å². The molecular formula is C20H22N4O7. The highest BCUT2D eigenvalue weighted by Crippen LogP contribution is 2.35. The fourth-order valence-corrected chi connectivity index (χ4v) is 3.64. The summed E-state index contributed by atoms with van der Waals surface area (Å²) in [5, 5.41) is 34.6. The Hall–Kier alpha value is -3.89. The number of nitrogens with one attached hydrogen (secondary N) is 2. The van der Waals surface area contributed by atoms with Gasteiger partial charge in [0.25, 0.3) is 17.4 Å². The molecule has 2 aromatic heterocycles. The largest absolute Gasteiger partial charge is 0.506 e. The summed E-state index contributed by atoms with van der Waals surface area (Å²) in [4.78, 5) is 53.0. The van der Waals surface area contributed by atoms with Crippen LogP contribution >= 0.6 is 0 Å². The Labute approximate surface area is 176 Å². The second-order valence-corrected chi connectivity index (χ2v) is 7.16. The van der Waals surface area contributed by atoms with E-state index in [1.165, 1.54) is 18.5 Å². The van der Waals surface area contributed by atoms with E-state index in [0.717, 1.165) is 23.8 Å². The highest BCUT2D eigenvalue weighted by Gasteiger charge is 2.32. The van der Waals surface area contributed by atoms with Crippen LogP contribution in [0.5, 0.6) is 11.6 Å². The van der Waals surface area contributed by atoms with Crippen LogP contribution < -0.4 is 16.2 Å². The molecular weight excluding hydrogens is 408 g/mol. The number of carboxylic acid groups (broad SMARTS) is 1. The van der Waals surface area contributed by atoms with E-state index >= 15 is 0 Å². The Bertz CT molecular complexity index is 1060. The summed E-state index contributed by atoms with van der Waals surface area (Å²) in [5.74, 6) is -5.26. The summed E-state index contributed by atoms with van der Waals surface area (Å²) in [5.41, 5.74) is -2.20. The SMILES string of the molecule is O=C(O)CNC(=O)c1c(O)c(C(=O)Nc2cccnc2)c(O)n(C2CCCCC2)c1=O. The molecule has 0 aromatic carbocycles. The average molecular weight is 430 g/mol. The number of hydrogen-bond acceptors (Lipinski definition) is 7. The maximum absolute atomic E-state index is 13.0. The van der Waals surface area contributed by atoms with Crippen LogP contribution in [-0.4, -0.2) is 49.2 Å². The number of aromatic nitrogens is 2. The second kappa shape index (κ2) is 9.28. The van der Waals surface area contributed by atoms with E-state index in [1.54, 1.807) is 6.07 Å². The molecule has 0 aliphatic heterocycles. The van der Waals surface area contributed by atoms with Gasteiger partial charge in [-0.2, -0.15) is 0 Å². The van der Waals surface area contributed by atoms with Gasteiger partial charge in [-0.3, -0.25) is 28.7 Å². The summed E-state index contributed by atoms with van der Waals surface area (Å²) in [6.07, 6.45) is 6.42. The van der Waals surface area contributed by atoms with Crippen molar-refractivity contribution in [1.29, 1.82) is 0 Å². The molecule has 0 saturated heterocycles. The number of rotatable bonds is 6. The van der Waals surface area contributed by atoms with E-state index in [-0.39, 0.29) is 5.69 Å². The van der Waals surface area contributed by atoms with Crippen molar-refractivity contribution in [3.05, 3.63) is 46.0 Å². The lowest BCUT2D eigenvalue weighted by atomic mass is 9.94.